The van der Waals surface area contributed by atoms with Gasteiger partial charge in [-0.15, -0.1) is 0 Å². The average Bonchev–Trinajstić information content (AvgIpc) is 3.26. The molecule has 7 nitrogen and oxygen atoms in total. The lowest BCUT2D eigenvalue weighted by atomic mass is 10.00. The van der Waals surface area contributed by atoms with Gasteiger partial charge in [-0.3, -0.25) is 9.59 Å². The highest BCUT2D eigenvalue weighted by Crippen LogP contribution is 2.19. The maximum Gasteiger partial charge on any atom is 0.251 e. The molecule has 0 fully saturated rings. The molecular weight excluding hydrogens is 368 g/mol. The van der Waals surface area contributed by atoms with Crippen molar-refractivity contribution in [3.05, 3.63) is 71.1 Å². The second-order valence-electron chi connectivity index (χ2n) is 6.96. The summed E-state index contributed by atoms with van der Waals surface area (Å²) in [5.74, 6) is 0.697. The Morgan fingerprint density at radius 3 is 2.59 bits per heavy atom. The van der Waals surface area contributed by atoms with Crippen molar-refractivity contribution in [2.45, 2.75) is 26.3 Å². The molecule has 0 bridgehead atoms. The van der Waals surface area contributed by atoms with Crippen LogP contribution in [0.15, 0.2) is 53.1 Å². The molecule has 2 amide bonds. The fourth-order valence-corrected chi connectivity index (χ4v) is 3.36. The van der Waals surface area contributed by atoms with Crippen LogP contribution in [0.4, 0.5) is 0 Å². The van der Waals surface area contributed by atoms with Gasteiger partial charge in [0.05, 0.1) is 6.54 Å². The summed E-state index contributed by atoms with van der Waals surface area (Å²) in [5.41, 5.74) is 3.70. The highest BCUT2D eigenvalue weighted by Gasteiger charge is 2.20. The van der Waals surface area contributed by atoms with E-state index < -0.39 is 0 Å². The quantitative estimate of drug-likeness (QED) is 0.723. The molecule has 0 saturated heterocycles. The van der Waals surface area contributed by atoms with Gasteiger partial charge >= 0.3 is 0 Å². The standard InChI is InChI=1S/C22H22N4O3/c1-2-19-24-21(25-29-19)16-7-9-17(10-8-16)22(28)23-13-20(27)26-12-11-15-5-3-4-6-18(15)14-26/h3-10H,2,11-14H2,1H3,(H,23,28). The summed E-state index contributed by atoms with van der Waals surface area (Å²) < 4.78 is 5.11. The third-order valence-electron chi connectivity index (χ3n) is 5.06. The molecule has 1 aliphatic rings. The van der Waals surface area contributed by atoms with Crippen LogP contribution in [0.3, 0.4) is 0 Å². The zero-order valence-corrected chi connectivity index (χ0v) is 16.2. The molecule has 3 aromatic rings. The summed E-state index contributed by atoms with van der Waals surface area (Å²) in [5, 5.41) is 6.63. The molecule has 148 valence electrons. The topological polar surface area (TPSA) is 88.3 Å². The number of rotatable bonds is 5. The Bertz CT molecular complexity index is 1030. The van der Waals surface area contributed by atoms with Gasteiger partial charge in [-0.25, -0.2) is 0 Å². The van der Waals surface area contributed by atoms with E-state index in [1.165, 1.54) is 11.1 Å². The predicted molar refractivity (Wildman–Crippen MR) is 107 cm³/mol. The molecular formula is C22H22N4O3. The molecule has 1 aromatic heterocycles. The molecule has 1 aliphatic heterocycles. The maximum atomic E-state index is 12.5. The zero-order valence-electron chi connectivity index (χ0n) is 16.2. The Morgan fingerprint density at radius 1 is 1.10 bits per heavy atom. The van der Waals surface area contributed by atoms with Gasteiger partial charge in [0.25, 0.3) is 5.91 Å². The van der Waals surface area contributed by atoms with Crippen LogP contribution in [0.5, 0.6) is 0 Å². The van der Waals surface area contributed by atoms with E-state index >= 15 is 0 Å². The summed E-state index contributed by atoms with van der Waals surface area (Å²) in [6.45, 7) is 3.18. The van der Waals surface area contributed by atoms with Gasteiger partial charge in [0.15, 0.2) is 0 Å². The van der Waals surface area contributed by atoms with Gasteiger partial charge in [-0.2, -0.15) is 4.98 Å². The average molecular weight is 390 g/mol. The van der Waals surface area contributed by atoms with E-state index in [-0.39, 0.29) is 18.4 Å². The fraction of sp³-hybridized carbons (Fsp3) is 0.273. The van der Waals surface area contributed by atoms with Crippen LogP contribution in [0.2, 0.25) is 0 Å². The summed E-state index contributed by atoms with van der Waals surface area (Å²) in [6.07, 6.45) is 1.51. The van der Waals surface area contributed by atoms with Crippen LogP contribution in [0.1, 0.15) is 34.3 Å². The van der Waals surface area contributed by atoms with Crippen LogP contribution < -0.4 is 5.32 Å². The summed E-state index contributed by atoms with van der Waals surface area (Å²) in [7, 11) is 0. The van der Waals surface area contributed by atoms with Crippen LogP contribution in [0.25, 0.3) is 11.4 Å². The normalized spacial score (nSPS) is 13.1. The van der Waals surface area contributed by atoms with Crippen LogP contribution >= 0.6 is 0 Å². The number of hydrogen-bond acceptors (Lipinski definition) is 5. The number of nitrogens with one attached hydrogen (secondary N) is 1. The van der Waals surface area contributed by atoms with E-state index in [0.29, 0.717) is 36.8 Å². The monoisotopic (exact) mass is 390 g/mol. The summed E-state index contributed by atoms with van der Waals surface area (Å²) in [4.78, 5) is 31.0. The second-order valence-corrected chi connectivity index (χ2v) is 6.96. The van der Waals surface area contributed by atoms with E-state index in [2.05, 4.69) is 21.5 Å². The Labute approximate surface area is 168 Å². The zero-order chi connectivity index (χ0) is 20.2. The third kappa shape index (κ3) is 4.18. The molecule has 0 radical (unpaired) electrons. The molecule has 0 atom stereocenters. The van der Waals surface area contributed by atoms with Crippen LogP contribution in [-0.4, -0.2) is 39.9 Å². The molecule has 2 aromatic carbocycles. The van der Waals surface area contributed by atoms with Gasteiger partial charge < -0.3 is 14.7 Å². The fourth-order valence-electron chi connectivity index (χ4n) is 3.36. The number of amides is 2. The van der Waals surface area contributed by atoms with Gasteiger partial charge in [-0.05, 0) is 29.7 Å². The van der Waals surface area contributed by atoms with Crippen LogP contribution in [0, 0.1) is 0 Å². The lowest BCUT2D eigenvalue weighted by Crippen LogP contribution is -2.42. The molecule has 4 rings (SSSR count). The second kappa shape index (κ2) is 8.26. The number of aromatic nitrogens is 2. The minimum absolute atomic E-state index is 0.0204. The van der Waals surface area contributed by atoms with Gasteiger partial charge in [0.1, 0.15) is 0 Å². The Morgan fingerprint density at radius 2 is 1.86 bits per heavy atom. The number of aryl methyl sites for hydroxylation is 1. The van der Waals surface area contributed by atoms with Crippen molar-refractivity contribution in [3.8, 4) is 11.4 Å². The largest absolute Gasteiger partial charge is 0.343 e. The Kier molecular flexibility index (Phi) is 5.37. The highest BCUT2D eigenvalue weighted by atomic mass is 16.5. The van der Waals surface area contributed by atoms with E-state index in [4.69, 9.17) is 4.52 Å². The minimum Gasteiger partial charge on any atom is -0.343 e. The SMILES string of the molecule is CCc1nc(-c2ccc(C(=O)NCC(=O)N3CCc4ccccc4C3)cc2)no1. The molecule has 0 spiro atoms. The van der Waals surface area contributed by atoms with E-state index in [1.54, 1.807) is 29.2 Å². The smallest absolute Gasteiger partial charge is 0.251 e. The Balaban J connectivity index is 1.33. The number of carbonyl (C=O) groups excluding carboxylic acids is 2. The Hall–Kier alpha value is -3.48. The molecule has 0 saturated carbocycles. The van der Waals surface area contributed by atoms with Crippen molar-refractivity contribution in [2.24, 2.45) is 0 Å². The van der Waals surface area contributed by atoms with Gasteiger partial charge in [0, 0.05) is 30.6 Å². The first-order chi connectivity index (χ1) is 14.1. The van der Waals surface area contributed by atoms with E-state index in [1.807, 2.05) is 25.1 Å². The minimum atomic E-state index is -0.287. The number of carbonyl (C=O) groups is 2. The summed E-state index contributed by atoms with van der Waals surface area (Å²) in [6, 6.07) is 15.1. The van der Waals surface area contributed by atoms with Crippen molar-refractivity contribution >= 4 is 11.8 Å². The molecule has 2 heterocycles. The molecule has 0 aliphatic carbocycles. The first kappa shape index (κ1) is 18.9. The lowest BCUT2D eigenvalue weighted by molar-refractivity contribution is -0.131. The number of nitrogens with zero attached hydrogens (tertiary/aromatic N) is 3. The molecule has 29 heavy (non-hydrogen) atoms. The third-order valence-corrected chi connectivity index (χ3v) is 5.06. The van der Waals surface area contributed by atoms with Crippen molar-refractivity contribution in [2.75, 3.05) is 13.1 Å². The first-order valence-corrected chi connectivity index (χ1v) is 9.70. The predicted octanol–water partition coefficient (Wildman–Crippen LogP) is 2.61. The van der Waals surface area contributed by atoms with Crippen molar-refractivity contribution in [1.29, 1.82) is 0 Å². The molecule has 0 unspecified atom stereocenters. The summed E-state index contributed by atoms with van der Waals surface area (Å²) >= 11 is 0. The van der Waals surface area contributed by atoms with Crippen molar-refractivity contribution in [1.82, 2.24) is 20.4 Å². The van der Waals surface area contributed by atoms with Crippen molar-refractivity contribution in [3.63, 3.8) is 0 Å². The molecule has 1 N–H and O–H groups in total. The number of hydrogen-bond donors (Lipinski definition) is 1. The van der Waals surface area contributed by atoms with E-state index in [0.717, 1.165) is 12.0 Å². The van der Waals surface area contributed by atoms with Crippen molar-refractivity contribution < 1.29 is 14.1 Å². The lowest BCUT2D eigenvalue weighted by Gasteiger charge is -2.29. The van der Waals surface area contributed by atoms with Gasteiger partial charge in [0.2, 0.25) is 17.6 Å². The van der Waals surface area contributed by atoms with E-state index in [9.17, 15) is 9.59 Å². The van der Waals surface area contributed by atoms with Crippen LogP contribution in [-0.2, 0) is 24.2 Å². The molecule has 7 heteroatoms. The maximum absolute atomic E-state index is 12.5. The first-order valence-electron chi connectivity index (χ1n) is 9.70. The number of fused-ring (bicyclic) bond motifs is 1. The number of benzene rings is 2. The van der Waals surface area contributed by atoms with Gasteiger partial charge in [-0.1, -0.05) is 48.5 Å². The highest BCUT2D eigenvalue weighted by molar-refractivity contribution is 5.96.